The number of imidazole rings is 1. The van der Waals surface area contributed by atoms with E-state index in [9.17, 15) is 15.2 Å². The standard InChI is InChI=1S/C20H19Cl2N3O3S/c1-12(2)19-20(29-17-8-14(21)7-15(22)9-17)24(18(11-26)23-19)10-13-3-5-16(6-4-13)25(27)28/h3-9,12,26H,10-11H2,1-2H3. The fourth-order valence-corrected chi connectivity index (χ4v) is 4.79. The molecule has 9 heteroatoms. The molecule has 0 fully saturated rings. The third-order valence-electron chi connectivity index (χ3n) is 4.25. The molecule has 2 aromatic carbocycles. The van der Waals surface area contributed by atoms with E-state index in [4.69, 9.17) is 23.2 Å². The molecule has 0 aliphatic rings. The van der Waals surface area contributed by atoms with Crippen LogP contribution >= 0.6 is 35.0 Å². The van der Waals surface area contributed by atoms with Crippen LogP contribution in [0.5, 0.6) is 0 Å². The Hall–Kier alpha value is -2.06. The molecule has 0 aliphatic carbocycles. The van der Waals surface area contributed by atoms with Crippen molar-refractivity contribution in [1.82, 2.24) is 9.55 Å². The number of nitrogens with zero attached hydrogens (tertiary/aromatic N) is 3. The van der Waals surface area contributed by atoms with Crippen LogP contribution < -0.4 is 0 Å². The summed E-state index contributed by atoms with van der Waals surface area (Å²) < 4.78 is 1.93. The van der Waals surface area contributed by atoms with Crippen LogP contribution in [0.1, 0.15) is 36.8 Å². The van der Waals surface area contributed by atoms with Crippen molar-refractivity contribution >= 4 is 40.7 Å². The minimum Gasteiger partial charge on any atom is -0.388 e. The molecule has 6 nitrogen and oxygen atoms in total. The van der Waals surface area contributed by atoms with E-state index in [1.165, 1.54) is 23.9 Å². The summed E-state index contributed by atoms with van der Waals surface area (Å²) in [7, 11) is 0. The van der Waals surface area contributed by atoms with Crippen LogP contribution in [0, 0.1) is 10.1 Å². The zero-order valence-electron chi connectivity index (χ0n) is 15.8. The van der Waals surface area contributed by atoms with Crippen LogP contribution in [0.4, 0.5) is 5.69 Å². The molecule has 0 atom stereocenters. The van der Waals surface area contributed by atoms with E-state index in [1.54, 1.807) is 18.2 Å². The summed E-state index contributed by atoms with van der Waals surface area (Å²) in [5, 5.41) is 22.7. The lowest BCUT2D eigenvalue weighted by Crippen LogP contribution is -2.07. The number of benzene rings is 2. The first-order valence-electron chi connectivity index (χ1n) is 8.86. The minimum atomic E-state index is -0.429. The van der Waals surface area contributed by atoms with Gasteiger partial charge in [-0.15, -0.1) is 0 Å². The quantitative estimate of drug-likeness (QED) is 0.356. The van der Waals surface area contributed by atoms with Gasteiger partial charge in [-0.3, -0.25) is 10.1 Å². The lowest BCUT2D eigenvalue weighted by molar-refractivity contribution is -0.384. The van der Waals surface area contributed by atoms with Crippen molar-refractivity contribution in [3.8, 4) is 0 Å². The van der Waals surface area contributed by atoms with E-state index < -0.39 is 4.92 Å². The van der Waals surface area contributed by atoms with E-state index in [0.29, 0.717) is 22.4 Å². The van der Waals surface area contributed by atoms with Crippen molar-refractivity contribution in [1.29, 1.82) is 0 Å². The Kier molecular flexibility index (Phi) is 6.85. The molecule has 0 radical (unpaired) electrons. The number of nitro groups is 1. The lowest BCUT2D eigenvalue weighted by Gasteiger charge is -2.13. The summed E-state index contributed by atoms with van der Waals surface area (Å²) in [6.07, 6.45) is 0. The van der Waals surface area contributed by atoms with Gasteiger partial charge in [0.1, 0.15) is 17.5 Å². The van der Waals surface area contributed by atoms with Gasteiger partial charge in [-0.1, -0.05) is 60.9 Å². The molecular formula is C20H19Cl2N3O3S. The molecule has 3 aromatic rings. The van der Waals surface area contributed by atoms with Crippen molar-refractivity contribution in [3.63, 3.8) is 0 Å². The molecule has 0 saturated heterocycles. The summed E-state index contributed by atoms with van der Waals surface area (Å²) in [5.41, 5.74) is 1.76. The molecule has 0 unspecified atom stereocenters. The maximum Gasteiger partial charge on any atom is 0.269 e. The molecule has 0 amide bonds. The second kappa shape index (κ2) is 9.17. The van der Waals surface area contributed by atoms with Gasteiger partial charge in [0.2, 0.25) is 0 Å². The SMILES string of the molecule is CC(C)c1nc(CO)n(Cc2ccc([N+](=O)[O-])cc2)c1Sc1cc(Cl)cc(Cl)c1. The second-order valence-corrected chi connectivity index (χ2v) is 8.68. The average molecular weight is 452 g/mol. The number of aromatic nitrogens is 2. The predicted molar refractivity (Wildman–Crippen MR) is 115 cm³/mol. The van der Waals surface area contributed by atoms with Gasteiger partial charge in [-0.25, -0.2) is 4.98 Å². The van der Waals surface area contributed by atoms with Gasteiger partial charge in [0.15, 0.2) is 0 Å². The number of hydrogen-bond acceptors (Lipinski definition) is 5. The number of hydrogen-bond donors (Lipinski definition) is 1. The van der Waals surface area contributed by atoms with Crippen LogP contribution in [0.2, 0.25) is 10.0 Å². The molecule has 0 aliphatic heterocycles. The number of rotatable bonds is 7. The summed E-state index contributed by atoms with van der Waals surface area (Å²) in [6, 6.07) is 11.7. The minimum absolute atomic E-state index is 0.0350. The lowest BCUT2D eigenvalue weighted by atomic mass is 10.1. The van der Waals surface area contributed by atoms with Crippen molar-refractivity contribution in [3.05, 3.63) is 79.7 Å². The van der Waals surface area contributed by atoms with Crippen molar-refractivity contribution < 1.29 is 10.0 Å². The van der Waals surface area contributed by atoms with Crippen LogP contribution in [-0.4, -0.2) is 19.6 Å². The fourth-order valence-electron chi connectivity index (χ4n) is 2.87. The number of aliphatic hydroxyl groups is 1. The first kappa shape index (κ1) is 21.6. The first-order valence-corrected chi connectivity index (χ1v) is 10.4. The fraction of sp³-hybridized carbons (Fsp3) is 0.250. The van der Waals surface area contributed by atoms with Gasteiger partial charge in [-0.05, 0) is 29.7 Å². The smallest absolute Gasteiger partial charge is 0.269 e. The summed E-state index contributed by atoms with van der Waals surface area (Å²) in [5.74, 6) is 0.665. The largest absolute Gasteiger partial charge is 0.388 e. The van der Waals surface area contributed by atoms with Crippen LogP contribution in [0.15, 0.2) is 52.4 Å². The molecule has 152 valence electrons. The monoisotopic (exact) mass is 451 g/mol. The van der Waals surface area contributed by atoms with Crippen molar-refractivity contribution in [2.24, 2.45) is 0 Å². The van der Waals surface area contributed by atoms with Crippen LogP contribution in [0.3, 0.4) is 0 Å². The average Bonchev–Trinajstić information content (AvgIpc) is 2.99. The number of non-ortho nitro benzene ring substituents is 1. The zero-order chi connectivity index (χ0) is 21.1. The second-order valence-electron chi connectivity index (χ2n) is 6.75. The predicted octanol–water partition coefficient (Wildman–Crippen LogP) is 5.91. The molecule has 29 heavy (non-hydrogen) atoms. The number of nitro benzene ring substituents is 1. The molecule has 1 aromatic heterocycles. The Morgan fingerprint density at radius 1 is 1.17 bits per heavy atom. The van der Waals surface area contributed by atoms with Crippen LogP contribution in [-0.2, 0) is 13.2 Å². The van der Waals surface area contributed by atoms with Crippen molar-refractivity contribution in [2.45, 2.75) is 42.8 Å². The number of halogens is 2. The highest BCUT2D eigenvalue weighted by Gasteiger charge is 2.21. The summed E-state index contributed by atoms with van der Waals surface area (Å²) in [6.45, 7) is 4.28. The third kappa shape index (κ3) is 5.11. The van der Waals surface area contributed by atoms with E-state index in [-0.39, 0.29) is 18.2 Å². The summed E-state index contributed by atoms with van der Waals surface area (Å²) in [4.78, 5) is 16.0. The Balaban J connectivity index is 2.03. The Labute approximate surface area is 182 Å². The van der Waals surface area contributed by atoms with Gasteiger partial charge in [0, 0.05) is 33.6 Å². The van der Waals surface area contributed by atoms with E-state index >= 15 is 0 Å². The summed E-state index contributed by atoms with van der Waals surface area (Å²) >= 11 is 13.8. The number of aliphatic hydroxyl groups excluding tert-OH is 1. The Morgan fingerprint density at radius 3 is 2.31 bits per heavy atom. The Bertz CT molecular complexity index is 1020. The molecule has 1 N–H and O–H groups in total. The van der Waals surface area contributed by atoms with Gasteiger partial charge < -0.3 is 9.67 Å². The third-order valence-corrected chi connectivity index (χ3v) is 5.78. The van der Waals surface area contributed by atoms with Gasteiger partial charge in [0.25, 0.3) is 5.69 Å². The molecule has 1 heterocycles. The van der Waals surface area contributed by atoms with E-state index in [1.807, 2.05) is 30.5 Å². The van der Waals surface area contributed by atoms with E-state index in [0.717, 1.165) is 21.2 Å². The zero-order valence-corrected chi connectivity index (χ0v) is 18.1. The van der Waals surface area contributed by atoms with Crippen LogP contribution in [0.25, 0.3) is 0 Å². The topological polar surface area (TPSA) is 81.2 Å². The molecule has 3 rings (SSSR count). The molecule has 0 spiro atoms. The first-order chi connectivity index (χ1) is 13.8. The van der Waals surface area contributed by atoms with Gasteiger partial charge >= 0.3 is 0 Å². The van der Waals surface area contributed by atoms with E-state index in [2.05, 4.69) is 4.98 Å². The highest BCUT2D eigenvalue weighted by atomic mass is 35.5. The molecule has 0 bridgehead atoms. The van der Waals surface area contributed by atoms with Gasteiger partial charge in [-0.2, -0.15) is 0 Å². The molecule has 0 saturated carbocycles. The van der Waals surface area contributed by atoms with Gasteiger partial charge in [0.05, 0.1) is 10.6 Å². The highest BCUT2D eigenvalue weighted by Crippen LogP contribution is 2.37. The Morgan fingerprint density at radius 2 is 1.79 bits per heavy atom. The highest BCUT2D eigenvalue weighted by molar-refractivity contribution is 7.99. The maximum absolute atomic E-state index is 10.9. The maximum atomic E-state index is 10.9. The molecular weight excluding hydrogens is 433 g/mol. The normalized spacial score (nSPS) is 11.2. The van der Waals surface area contributed by atoms with Crippen molar-refractivity contribution in [2.75, 3.05) is 0 Å².